The van der Waals surface area contributed by atoms with Crippen LogP contribution in [0.3, 0.4) is 0 Å². The number of rotatable bonds is 6. The Hall–Kier alpha value is -1.16. The highest BCUT2D eigenvalue weighted by Gasteiger charge is 2.29. The fourth-order valence-corrected chi connectivity index (χ4v) is 4.30. The van der Waals surface area contributed by atoms with Crippen molar-refractivity contribution >= 4 is 27.7 Å². The van der Waals surface area contributed by atoms with E-state index in [1.807, 2.05) is 0 Å². The van der Waals surface area contributed by atoms with Crippen LogP contribution in [0.15, 0.2) is 29.2 Å². The van der Waals surface area contributed by atoms with Crippen LogP contribution in [0.5, 0.6) is 0 Å². The van der Waals surface area contributed by atoms with E-state index in [1.54, 1.807) is 4.90 Å². The van der Waals surface area contributed by atoms with E-state index in [9.17, 15) is 17.6 Å². The van der Waals surface area contributed by atoms with Crippen LogP contribution in [0.4, 0.5) is 4.39 Å². The molecule has 1 amide bonds. The molecule has 1 saturated heterocycles. The van der Waals surface area contributed by atoms with Gasteiger partial charge in [-0.2, -0.15) is 4.31 Å². The minimum absolute atomic E-state index is 0.0294. The van der Waals surface area contributed by atoms with Crippen molar-refractivity contribution in [1.82, 2.24) is 9.21 Å². The zero-order chi connectivity index (χ0) is 16.9. The van der Waals surface area contributed by atoms with Gasteiger partial charge in [0.1, 0.15) is 5.82 Å². The molecule has 0 spiro atoms. The van der Waals surface area contributed by atoms with Gasteiger partial charge in [0.25, 0.3) is 0 Å². The van der Waals surface area contributed by atoms with Crippen LogP contribution < -0.4 is 0 Å². The lowest BCUT2D eigenvalue weighted by Crippen LogP contribution is -2.51. The topological polar surface area (TPSA) is 77.9 Å². The Bertz CT molecular complexity index is 629. The maximum absolute atomic E-state index is 12.9. The van der Waals surface area contributed by atoms with E-state index >= 15 is 0 Å². The molecule has 0 bridgehead atoms. The lowest BCUT2D eigenvalue weighted by atomic mass is 10.3. The Morgan fingerprint density at radius 1 is 1.17 bits per heavy atom. The molecule has 0 saturated carbocycles. The molecule has 0 radical (unpaired) electrons. The largest absolute Gasteiger partial charge is 0.396 e. The molecule has 1 aliphatic heterocycles. The third-order valence-corrected chi connectivity index (χ3v) is 6.34. The van der Waals surface area contributed by atoms with E-state index in [0.29, 0.717) is 18.8 Å². The minimum Gasteiger partial charge on any atom is -0.396 e. The van der Waals surface area contributed by atoms with Crippen LogP contribution in [0.1, 0.15) is 0 Å². The smallest absolute Gasteiger partial charge is 0.243 e. The van der Waals surface area contributed by atoms with E-state index < -0.39 is 15.8 Å². The highest BCUT2D eigenvalue weighted by atomic mass is 32.2. The molecule has 2 rings (SSSR count). The maximum Gasteiger partial charge on any atom is 0.243 e. The lowest BCUT2D eigenvalue weighted by Gasteiger charge is -2.34. The normalized spacial score (nSPS) is 16.5. The lowest BCUT2D eigenvalue weighted by molar-refractivity contribution is -0.129. The van der Waals surface area contributed by atoms with Gasteiger partial charge in [-0.15, -0.1) is 11.8 Å². The Morgan fingerprint density at radius 3 is 2.35 bits per heavy atom. The molecular weight excluding hydrogens is 343 g/mol. The first-order valence-electron chi connectivity index (χ1n) is 7.17. The summed E-state index contributed by atoms with van der Waals surface area (Å²) in [6, 6.07) is 4.72. The molecule has 6 nitrogen and oxygen atoms in total. The Kier molecular flexibility index (Phi) is 6.40. The molecule has 0 atom stereocenters. The van der Waals surface area contributed by atoms with Crippen molar-refractivity contribution in [3.05, 3.63) is 30.1 Å². The van der Waals surface area contributed by atoms with E-state index in [0.717, 1.165) is 12.1 Å². The summed E-state index contributed by atoms with van der Waals surface area (Å²) in [6.45, 7) is 1.13. The van der Waals surface area contributed by atoms with Gasteiger partial charge in [-0.1, -0.05) is 0 Å². The number of hydrogen-bond acceptors (Lipinski definition) is 5. The summed E-state index contributed by atoms with van der Waals surface area (Å²) in [6.07, 6.45) is 0. The molecule has 0 aliphatic carbocycles. The third kappa shape index (κ3) is 4.66. The number of sulfonamides is 1. The number of thioether (sulfide) groups is 1. The van der Waals surface area contributed by atoms with E-state index in [1.165, 1.54) is 28.2 Å². The predicted molar refractivity (Wildman–Crippen MR) is 86.1 cm³/mol. The summed E-state index contributed by atoms with van der Waals surface area (Å²) < 4.78 is 39.1. The average molecular weight is 362 g/mol. The molecule has 1 fully saturated rings. The second-order valence-electron chi connectivity index (χ2n) is 5.01. The molecule has 1 heterocycles. The number of carbonyl (C=O) groups excluding carboxylic acids is 1. The van der Waals surface area contributed by atoms with Gasteiger partial charge >= 0.3 is 0 Å². The molecule has 0 unspecified atom stereocenters. The average Bonchev–Trinajstić information content (AvgIpc) is 2.55. The maximum atomic E-state index is 12.9. The fraction of sp³-hybridized carbons (Fsp3) is 0.500. The summed E-state index contributed by atoms with van der Waals surface area (Å²) >= 11 is 1.35. The Balaban J connectivity index is 1.93. The first-order chi connectivity index (χ1) is 10.9. The molecule has 1 aliphatic rings. The first-order valence-corrected chi connectivity index (χ1v) is 9.76. The van der Waals surface area contributed by atoms with Gasteiger partial charge in [0, 0.05) is 31.9 Å². The highest BCUT2D eigenvalue weighted by Crippen LogP contribution is 2.18. The number of benzene rings is 1. The number of aliphatic hydroxyl groups is 1. The number of halogens is 1. The summed E-state index contributed by atoms with van der Waals surface area (Å²) in [4.78, 5) is 13.6. The van der Waals surface area contributed by atoms with Crippen LogP contribution in [-0.4, -0.2) is 72.9 Å². The SMILES string of the molecule is O=C(CSCCO)N1CCN(S(=O)(=O)c2ccc(F)cc2)CC1. The summed E-state index contributed by atoms with van der Waals surface area (Å²) in [5, 5.41) is 8.70. The van der Waals surface area contributed by atoms with Gasteiger partial charge in [0.2, 0.25) is 15.9 Å². The zero-order valence-electron chi connectivity index (χ0n) is 12.5. The second kappa shape index (κ2) is 8.09. The van der Waals surface area contributed by atoms with Crippen LogP contribution in [0.2, 0.25) is 0 Å². The third-order valence-electron chi connectivity index (χ3n) is 3.50. The van der Waals surface area contributed by atoms with Crippen LogP contribution in [-0.2, 0) is 14.8 Å². The Labute approximate surface area is 139 Å². The molecule has 1 N–H and O–H groups in total. The minimum atomic E-state index is -3.66. The van der Waals surface area contributed by atoms with Gasteiger partial charge in [0.05, 0.1) is 17.3 Å². The van der Waals surface area contributed by atoms with E-state index in [2.05, 4.69) is 0 Å². The quantitative estimate of drug-likeness (QED) is 0.741. The molecule has 1 aromatic carbocycles. The predicted octanol–water partition coefficient (Wildman–Crippen LogP) is 0.384. The standard InChI is InChI=1S/C14H19FN2O4S2/c15-12-1-3-13(4-2-12)23(20,21)17-7-5-16(6-8-17)14(19)11-22-10-9-18/h1-4,18H,5-11H2. The molecule has 23 heavy (non-hydrogen) atoms. The molecule has 0 aromatic heterocycles. The number of amides is 1. The fourth-order valence-electron chi connectivity index (χ4n) is 2.25. The van der Waals surface area contributed by atoms with Gasteiger partial charge in [0.15, 0.2) is 0 Å². The summed E-state index contributed by atoms with van der Waals surface area (Å²) in [5.41, 5.74) is 0. The summed E-state index contributed by atoms with van der Waals surface area (Å²) in [7, 11) is -3.66. The van der Waals surface area contributed by atoms with Crippen molar-refractivity contribution < 1.29 is 22.7 Å². The van der Waals surface area contributed by atoms with Crippen molar-refractivity contribution in [3.63, 3.8) is 0 Å². The van der Waals surface area contributed by atoms with E-state index in [4.69, 9.17) is 5.11 Å². The van der Waals surface area contributed by atoms with Crippen molar-refractivity contribution in [3.8, 4) is 0 Å². The number of nitrogens with zero attached hydrogens (tertiary/aromatic N) is 2. The zero-order valence-corrected chi connectivity index (χ0v) is 14.2. The van der Waals surface area contributed by atoms with Crippen molar-refractivity contribution in [2.75, 3.05) is 44.3 Å². The molecule has 9 heteroatoms. The van der Waals surface area contributed by atoms with Crippen molar-refractivity contribution in [2.45, 2.75) is 4.90 Å². The second-order valence-corrected chi connectivity index (χ2v) is 8.06. The Morgan fingerprint density at radius 2 is 1.78 bits per heavy atom. The van der Waals surface area contributed by atoms with Gasteiger partial charge in [-0.3, -0.25) is 4.79 Å². The van der Waals surface area contributed by atoms with Crippen LogP contribution in [0.25, 0.3) is 0 Å². The van der Waals surface area contributed by atoms with Crippen molar-refractivity contribution in [2.24, 2.45) is 0 Å². The van der Waals surface area contributed by atoms with Crippen molar-refractivity contribution in [1.29, 1.82) is 0 Å². The molecule has 128 valence electrons. The van der Waals surface area contributed by atoms with Gasteiger partial charge < -0.3 is 10.0 Å². The first kappa shape index (κ1) is 18.2. The molecule has 1 aromatic rings. The van der Waals surface area contributed by atoms with Crippen LogP contribution in [0, 0.1) is 5.82 Å². The monoisotopic (exact) mass is 362 g/mol. The number of carbonyl (C=O) groups is 1. The summed E-state index contributed by atoms with van der Waals surface area (Å²) in [5.74, 6) is 0.248. The molecular formula is C14H19FN2O4S2. The number of piperazine rings is 1. The number of hydrogen-bond donors (Lipinski definition) is 1. The van der Waals surface area contributed by atoms with Gasteiger partial charge in [-0.25, -0.2) is 12.8 Å². The van der Waals surface area contributed by atoms with Gasteiger partial charge in [-0.05, 0) is 24.3 Å². The number of aliphatic hydroxyl groups excluding tert-OH is 1. The van der Waals surface area contributed by atoms with E-state index in [-0.39, 0.29) is 36.3 Å². The highest BCUT2D eigenvalue weighted by molar-refractivity contribution is 7.99. The van der Waals surface area contributed by atoms with Crippen LogP contribution >= 0.6 is 11.8 Å².